The van der Waals surface area contributed by atoms with E-state index in [2.05, 4.69) is 0 Å². The standard InChI is InChI=1S/C12H16N2O6S/c1-20-11-5-4-9(14(16)17)7-12(11)21(18,19)13-6-2-3-10(15)8-13/h4-5,7,10,15H,2-3,6,8H2,1H3. The summed E-state index contributed by atoms with van der Waals surface area (Å²) in [6.45, 7) is 0.249. The number of rotatable bonds is 4. The van der Waals surface area contributed by atoms with Gasteiger partial charge in [0, 0.05) is 25.2 Å². The van der Waals surface area contributed by atoms with Crippen molar-refractivity contribution < 1.29 is 23.2 Å². The van der Waals surface area contributed by atoms with E-state index in [0.29, 0.717) is 12.8 Å². The van der Waals surface area contributed by atoms with Gasteiger partial charge in [0.05, 0.1) is 18.1 Å². The molecule has 8 nitrogen and oxygen atoms in total. The number of aliphatic hydroxyl groups excluding tert-OH is 1. The number of hydrogen-bond donors (Lipinski definition) is 1. The fraction of sp³-hybridized carbons (Fsp3) is 0.500. The number of β-amino-alcohol motifs (C(OH)–C–C–N with tert-alkyl or cyclic N) is 1. The Labute approximate surface area is 122 Å². The van der Waals surface area contributed by atoms with Gasteiger partial charge < -0.3 is 9.84 Å². The van der Waals surface area contributed by atoms with Gasteiger partial charge in [-0.1, -0.05) is 0 Å². The number of hydrogen-bond acceptors (Lipinski definition) is 6. The maximum Gasteiger partial charge on any atom is 0.271 e. The monoisotopic (exact) mass is 316 g/mol. The van der Waals surface area contributed by atoms with Gasteiger partial charge in [-0.15, -0.1) is 0 Å². The van der Waals surface area contributed by atoms with Crippen LogP contribution in [0.2, 0.25) is 0 Å². The molecule has 1 aliphatic heterocycles. The zero-order chi connectivity index (χ0) is 15.6. The fourth-order valence-corrected chi connectivity index (χ4v) is 3.95. The predicted octanol–water partition coefficient (Wildman–Crippen LogP) is 0.749. The van der Waals surface area contributed by atoms with E-state index in [9.17, 15) is 23.6 Å². The van der Waals surface area contributed by atoms with Crippen molar-refractivity contribution in [2.24, 2.45) is 0 Å². The molecule has 1 atom stereocenters. The third kappa shape index (κ3) is 3.14. The maximum atomic E-state index is 12.6. The van der Waals surface area contributed by atoms with Crippen LogP contribution in [0.1, 0.15) is 12.8 Å². The van der Waals surface area contributed by atoms with Gasteiger partial charge >= 0.3 is 0 Å². The highest BCUT2D eigenvalue weighted by Gasteiger charge is 2.32. The Balaban J connectivity index is 2.47. The predicted molar refractivity (Wildman–Crippen MR) is 73.6 cm³/mol. The van der Waals surface area contributed by atoms with Gasteiger partial charge in [-0.3, -0.25) is 10.1 Å². The van der Waals surface area contributed by atoms with Crippen molar-refractivity contribution in [3.63, 3.8) is 0 Å². The van der Waals surface area contributed by atoms with Crippen molar-refractivity contribution in [2.75, 3.05) is 20.2 Å². The molecule has 21 heavy (non-hydrogen) atoms. The van der Waals surface area contributed by atoms with Crippen LogP contribution in [0.4, 0.5) is 5.69 Å². The number of aliphatic hydroxyl groups is 1. The second-order valence-corrected chi connectivity index (χ2v) is 6.66. The lowest BCUT2D eigenvalue weighted by atomic mass is 10.1. The number of non-ortho nitro benzene ring substituents is 1. The first-order valence-corrected chi connectivity index (χ1v) is 7.81. The molecule has 9 heteroatoms. The van der Waals surface area contributed by atoms with Crippen molar-refractivity contribution in [2.45, 2.75) is 23.8 Å². The van der Waals surface area contributed by atoms with Crippen LogP contribution in [0, 0.1) is 10.1 Å². The van der Waals surface area contributed by atoms with Crippen LogP contribution in [0.3, 0.4) is 0 Å². The van der Waals surface area contributed by atoms with Gasteiger partial charge in [-0.25, -0.2) is 8.42 Å². The number of benzene rings is 1. The van der Waals surface area contributed by atoms with Gasteiger partial charge in [-0.05, 0) is 18.9 Å². The molecule has 1 heterocycles. The van der Waals surface area contributed by atoms with Crippen LogP contribution in [0.25, 0.3) is 0 Å². The largest absolute Gasteiger partial charge is 0.495 e. The summed E-state index contributed by atoms with van der Waals surface area (Å²) in [6, 6.07) is 3.42. The van der Waals surface area contributed by atoms with Gasteiger partial charge in [0.15, 0.2) is 0 Å². The van der Waals surface area contributed by atoms with E-state index >= 15 is 0 Å². The third-order valence-corrected chi connectivity index (χ3v) is 5.22. The Kier molecular flexibility index (Phi) is 4.45. The molecule has 0 aliphatic carbocycles. The molecular weight excluding hydrogens is 300 g/mol. The molecule has 0 aromatic heterocycles. The van der Waals surface area contributed by atoms with E-state index in [1.54, 1.807) is 0 Å². The average molecular weight is 316 g/mol. The first kappa shape index (κ1) is 15.7. The molecule has 0 bridgehead atoms. The summed E-state index contributed by atoms with van der Waals surface area (Å²) in [4.78, 5) is 9.90. The van der Waals surface area contributed by atoms with Crippen molar-refractivity contribution in [1.29, 1.82) is 0 Å². The minimum absolute atomic E-state index is 0.0197. The molecule has 2 rings (SSSR count). The molecule has 1 aliphatic rings. The Morgan fingerprint density at radius 2 is 2.19 bits per heavy atom. The fourth-order valence-electron chi connectivity index (χ4n) is 2.26. The normalized spacial score (nSPS) is 20.2. The molecule has 116 valence electrons. The van der Waals surface area contributed by atoms with Crippen LogP contribution < -0.4 is 4.74 Å². The highest BCUT2D eigenvalue weighted by atomic mass is 32.2. The van der Waals surface area contributed by atoms with Crippen molar-refractivity contribution in [1.82, 2.24) is 4.31 Å². The zero-order valence-corrected chi connectivity index (χ0v) is 12.2. The van der Waals surface area contributed by atoms with Crippen LogP contribution in [0.15, 0.2) is 23.1 Å². The Morgan fingerprint density at radius 3 is 2.76 bits per heavy atom. The highest BCUT2D eigenvalue weighted by Crippen LogP contribution is 2.31. The molecule has 1 fully saturated rings. The van der Waals surface area contributed by atoms with E-state index in [1.165, 1.54) is 19.2 Å². The minimum atomic E-state index is -3.95. The van der Waals surface area contributed by atoms with E-state index in [-0.39, 0.29) is 29.4 Å². The topological polar surface area (TPSA) is 110 Å². The summed E-state index contributed by atoms with van der Waals surface area (Å²) in [7, 11) is -2.65. The van der Waals surface area contributed by atoms with Gasteiger partial charge in [0.1, 0.15) is 10.6 Å². The number of ether oxygens (including phenoxy) is 1. The second-order valence-electron chi connectivity index (χ2n) is 4.75. The van der Waals surface area contributed by atoms with E-state index in [1.807, 2.05) is 0 Å². The van der Waals surface area contributed by atoms with Crippen LogP contribution in [-0.4, -0.2) is 49.1 Å². The number of nitro benzene ring substituents is 1. The quantitative estimate of drug-likeness (QED) is 0.648. The van der Waals surface area contributed by atoms with Crippen molar-refractivity contribution >= 4 is 15.7 Å². The lowest BCUT2D eigenvalue weighted by Crippen LogP contribution is -2.42. The lowest BCUT2D eigenvalue weighted by molar-refractivity contribution is -0.385. The second kappa shape index (κ2) is 5.96. The molecule has 0 radical (unpaired) electrons. The smallest absolute Gasteiger partial charge is 0.271 e. The molecule has 1 aromatic rings. The SMILES string of the molecule is COc1ccc([N+](=O)[O-])cc1S(=O)(=O)N1CCCC(O)C1. The summed E-state index contributed by atoms with van der Waals surface area (Å²) < 4.78 is 31.3. The number of nitro groups is 1. The van der Waals surface area contributed by atoms with E-state index < -0.39 is 21.1 Å². The Hall–Kier alpha value is -1.71. The maximum absolute atomic E-state index is 12.6. The first-order valence-electron chi connectivity index (χ1n) is 6.37. The van der Waals surface area contributed by atoms with Crippen molar-refractivity contribution in [3.8, 4) is 5.75 Å². The Morgan fingerprint density at radius 1 is 1.48 bits per heavy atom. The molecular formula is C12H16N2O6S. The molecule has 1 aromatic carbocycles. The molecule has 1 N–H and O–H groups in total. The van der Waals surface area contributed by atoms with E-state index in [4.69, 9.17) is 4.74 Å². The molecule has 1 saturated heterocycles. The summed E-state index contributed by atoms with van der Waals surface area (Å²) in [5.41, 5.74) is -0.327. The first-order chi connectivity index (χ1) is 9.86. The van der Waals surface area contributed by atoms with Gasteiger partial charge in [0.2, 0.25) is 10.0 Å². The number of piperidine rings is 1. The molecule has 0 amide bonds. The summed E-state index contributed by atoms with van der Waals surface area (Å²) >= 11 is 0. The number of sulfonamides is 1. The van der Waals surface area contributed by atoms with Crippen molar-refractivity contribution in [3.05, 3.63) is 28.3 Å². The molecule has 1 unspecified atom stereocenters. The third-order valence-electron chi connectivity index (χ3n) is 3.34. The van der Waals surface area contributed by atoms with Crippen LogP contribution >= 0.6 is 0 Å². The molecule has 0 saturated carbocycles. The number of methoxy groups -OCH3 is 1. The van der Waals surface area contributed by atoms with E-state index in [0.717, 1.165) is 10.4 Å². The zero-order valence-electron chi connectivity index (χ0n) is 11.4. The molecule has 0 spiro atoms. The van der Waals surface area contributed by atoms with Crippen LogP contribution in [-0.2, 0) is 10.0 Å². The van der Waals surface area contributed by atoms with Gasteiger partial charge in [0.25, 0.3) is 5.69 Å². The number of nitrogens with zero attached hydrogens (tertiary/aromatic N) is 2. The van der Waals surface area contributed by atoms with Gasteiger partial charge in [-0.2, -0.15) is 4.31 Å². The summed E-state index contributed by atoms with van der Waals surface area (Å²) in [5.74, 6) is 0.0423. The minimum Gasteiger partial charge on any atom is -0.495 e. The average Bonchev–Trinajstić information content (AvgIpc) is 2.46. The summed E-state index contributed by atoms with van der Waals surface area (Å²) in [6.07, 6.45) is 0.355. The van der Waals surface area contributed by atoms with Crippen LogP contribution in [0.5, 0.6) is 5.75 Å². The summed E-state index contributed by atoms with van der Waals surface area (Å²) in [5, 5.41) is 20.4. The highest BCUT2D eigenvalue weighted by molar-refractivity contribution is 7.89. The Bertz CT molecular complexity index is 645. The lowest BCUT2D eigenvalue weighted by Gasteiger charge is -2.29.